The molecule has 0 heterocycles. The van der Waals surface area contributed by atoms with Crippen LogP contribution in [0.1, 0.15) is 46.5 Å². The Balaban J connectivity index is 4.98. The summed E-state index contributed by atoms with van der Waals surface area (Å²) in [4.78, 5) is 0. The van der Waals surface area contributed by atoms with Crippen LogP contribution >= 0.6 is 0 Å². The van der Waals surface area contributed by atoms with Crippen molar-refractivity contribution in [2.45, 2.75) is 46.5 Å². The van der Waals surface area contributed by atoms with Gasteiger partial charge in [0.25, 0.3) is 0 Å². The van der Waals surface area contributed by atoms with E-state index in [9.17, 15) is 0 Å². The third kappa shape index (κ3) is 7.41. The van der Waals surface area contributed by atoms with Crippen molar-refractivity contribution in [2.75, 3.05) is 0 Å². The second-order valence-electron chi connectivity index (χ2n) is 3.83. The molecule has 0 N–H and O–H groups in total. The lowest BCUT2D eigenvalue weighted by Crippen LogP contribution is -1.85. The van der Waals surface area contributed by atoms with Crippen molar-refractivity contribution in [3.05, 3.63) is 48.1 Å². The average Bonchev–Trinajstić information content (AvgIpc) is 2.35. The van der Waals surface area contributed by atoms with E-state index in [-0.39, 0.29) is 0 Å². The molecule has 0 fully saturated rings. The van der Waals surface area contributed by atoms with Crippen LogP contribution in [0.15, 0.2) is 48.1 Å². The van der Waals surface area contributed by atoms with Gasteiger partial charge in [-0.25, -0.2) is 0 Å². The third-order valence-electron chi connectivity index (χ3n) is 2.37. The molecular weight excluding hydrogens is 204 g/mol. The summed E-state index contributed by atoms with van der Waals surface area (Å²) in [5.74, 6) is 6.28. The van der Waals surface area contributed by atoms with Crippen molar-refractivity contribution in [3.63, 3.8) is 0 Å². The first kappa shape index (κ1) is 15.5. The summed E-state index contributed by atoms with van der Waals surface area (Å²) in [6.45, 7) is 10.2. The first-order valence-corrected chi connectivity index (χ1v) is 6.44. The minimum Gasteiger partial charge on any atom is -0.0987 e. The molecule has 0 aliphatic rings. The topological polar surface area (TPSA) is 0 Å². The van der Waals surface area contributed by atoms with Gasteiger partial charge in [-0.2, -0.15) is 0 Å². The van der Waals surface area contributed by atoms with Gasteiger partial charge < -0.3 is 0 Å². The Morgan fingerprint density at radius 1 is 1.29 bits per heavy atom. The lowest BCUT2D eigenvalue weighted by atomic mass is 10.0. The molecule has 0 rings (SSSR count). The van der Waals surface area contributed by atoms with Crippen LogP contribution in [0.4, 0.5) is 0 Å². The Bertz CT molecular complexity index is 353. The maximum absolute atomic E-state index is 3.88. The van der Waals surface area contributed by atoms with Gasteiger partial charge in [0.2, 0.25) is 0 Å². The molecule has 17 heavy (non-hydrogen) atoms. The highest BCUT2D eigenvalue weighted by Crippen LogP contribution is 2.14. The largest absolute Gasteiger partial charge is 0.0987 e. The molecule has 0 spiro atoms. The third-order valence-corrected chi connectivity index (χ3v) is 2.37. The summed E-state index contributed by atoms with van der Waals surface area (Å²) < 4.78 is 0. The van der Waals surface area contributed by atoms with Gasteiger partial charge >= 0.3 is 0 Å². The maximum atomic E-state index is 3.88. The molecule has 0 bridgehead atoms. The zero-order valence-corrected chi connectivity index (χ0v) is 11.4. The van der Waals surface area contributed by atoms with Gasteiger partial charge in [0.15, 0.2) is 0 Å². The SMILES string of the molecule is C=CC(CCCC)=C(C#CC=CCC)C=CC. The highest BCUT2D eigenvalue weighted by Gasteiger charge is 1.97. The van der Waals surface area contributed by atoms with E-state index in [0.717, 1.165) is 18.4 Å². The first-order valence-electron chi connectivity index (χ1n) is 6.44. The van der Waals surface area contributed by atoms with Crippen molar-refractivity contribution >= 4 is 0 Å². The van der Waals surface area contributed by atoms with Crippen LogP contribution in [-0.2, 0) is 0 Å². The predicted molar refractivity (Wildman–Crippen MR) is 78.8 cm³/mol. The normalized spacial score (nSPS) is 12.4. The van der Waals surface area contributed by atoms with E-state index in [1.165, 1.54) is 18.4 Å². The van der Waals surface area contributed by atoms with Crippen LogP contribution in [-0.4, -0.2) is 0 Å². The summed E-state index contributed by atoms with van der Waals surface area (Å²) in [7, 11) is 0. The molecule has 92 valence electrons. The standard InChI is InChI=1S/C17H24/c1-5-9-11-12-15-17(13-7-3)16(8-4)14-10-6-2/h7-9,11,13H,4-6,10,14H2,1-3H3. The Hall–Kier alpha value is -1.48. The molecule has 0 nitrogen and oxygen atoms in total. The minimum absolute atomic E-state index is 1.03. The molecule has 0 radical (unpaired) electrons. The molecule has 0 amide bonds. The Morgan fingerprint density at radius 2 is 2.06 bits per heavy atom. The van der Waals surface area contributed by atoms with E-state index in [4.69, 9.17) is 0 Å². The zero-order valence-electron chi connectivity index (χ0n) is 11.4. The summed E-state index contributed by atoms with van der Waals surface area (Å²) >= 11 is 0. The number of unbranched alkanes of at least 4 members (excludes halogenated alkanes) is 1. The molecule has 0 aliphatic carbocycles. The Kier molecular flexibility index (Phi) is 10.1. The van der Waals surface area contributed by atoms with E-state index < -0.39 is 0 Å². The fourth-order valence-electron chi connectivity index (χ4n) is 1.41. The predicted octanol–water partition coefficient (Wildman–Crippen LogP) is 5.20. The van der Waals surface area contributed by atoms with Crippen LogP contribution in [0.5, 0.6) is 0 Å². The lowest BCUT2D eigenvalue weighted by molar-refractivity contribution is 0.796. The zero-order chi connectivity index (χ0) is 12.9. The molecule has 0 saturated heterocycles. The number of rotatable bonds is 6. The Labute approximate surface area is 107 Å². The quantitative estimate of drug-likeness (QED) is 0.432. The van der Waals surface area contributed by atoms with Crippen molar-refractivity contribution in [2.24, 2.45) is 0 Å². The molecule has 0 aliphatic heterocycles. The van der Waals surface area contributed by atoms with E-state index in [1.54, 1.807) is 0 Å². The Morgan fingerprint density at radius 3 is 2.59 bits per heavy atom. The fraction of sp³-hybridized carbons (Fsp3) is 0.412. The van der Waals surface area contributed by atoms with Gasteiger partial charge in [-0.15, -0.1) is 0 Å². The van der Waals surface area contributed by atoms with Gasteiger partial charge in [-0.3, -0.25) is 0 Å². The second kappa shape index (κ2) is 11.0. The van der Waals surface area contributed by atoms with E-state index >= 15 is 0 Å². The molecule has 0 aromatic rings. The van der Waals surface area contributed by atoms with Crippen molar-refractivity contribution in [1.82, 2.24) is 0 Å². The molecule has 0 atom stereocenters. The van der Waals surface area contributed by atoms with Gasteiger partial charge in [0, 0.05) is 5.57 Å². The highest BCUT2D eigenvalue weighted by atomic mass is 14.0. The van der Waals surface area contributed by atoms with Crippen LogP contribution in [0.2, 0.25) is 0 Å². The van der Waals surface area contributed by atoms with Crippen LogP contribution in [0, 0.1) is 11.8 Å². The average molecular weight is 228 g/mol. The monoisotopic (exact) mass is 228 g/mol. The summed E-state index contributed by atoms with van der Waals surface area (Å²) in [6, 6.07) is 0. The molecule has 0 heteroatoms. The van der Waals surface area contributed by atoms with Crippen LogP contribution in [0.3, 0.4) is 0 Å². The maximum Gasteiger partial charge on any atom is 0.0277 e. The number of hydrogen-bond acceptors (Lipinski definition) is 0. The lowest BCUT2D eigenvalue weighted by Gasteiger charge is -2.02. The van der Waals surface area contributed by atoms with Crippen LogP contribution < -0.4 is 0 Å². The van der Waals surface area contributed by atoms with Crippen molar-refractivity contribution in [1.29, 1.82) is 0 Å². The van der Waals surface area contributed by atoms with Gasteiger partial charge in [-0.1, -0.05) is 63.0 Å². The fourth-order valence-corrected chi connectivity index (χ4v) is 1.41. The van der Waals surface area contributed by atoms with Crippen molar-refractivity contribution < 1.29 is 0 Å². The van der Waals surface area contributed by atoms with E-state index in [2.05, 4.69) is 44.4 Å². The number of allylic oxidation sites excluding steroid dienone is 7. The summed E-state index contributed by atoms with van der Waals surface area (Å²) in [5, 5.41) is 0. The number of hydrogen-bond donors (Lipinski definition) is 0. The molecule has 0 unspecified atom stereocenters. The highest BCUT2D eigenvalue weighted by molar-refractivity contribution is 5.47. The van der Waals surface area contributed by atoms with Gasteiger partial charge in [0.1, 0.15) is 0 Å². The van der Waals surface area contributed by atoms with Gasteiger partial charge in [-0.05, 0) is 37.8 Å². The first-order chi connectivity index (χ1) is 8.29. The smallest absolute Gasteiger partial charge is 0.0277 e. The van der Waals surface area contributed by atoms with Crippen molar-refractivity contribution in [3.8, 4) is 11.8 Å². The molecule has 0 saturated carbocycles. The molecule has 0 aromatic carbocycles. The van der Waals surface area contributed by atoms with E-state index in [1.807, 2.05) is 25.2 Å². The van der Waals surface area contributed by atoms with Gasteiger partial charge in [0.05, 0.1) is 0 Å². The summed E-state index contributed by atoms with van der Waals surface area (Å²) in [6.07, 6.45) is 14.5. The summed E-state index contributed by atoms with van der Waals surface area (Å²) in [5.41, 5.74) is 2.35. The second-order valence-corrected chi connectivity index (χ2v) is 3.83. The minimum atomic E-state index is 1.03. The molecular formula is C17H24. The van der Waals surface area contributed by atoms with E-state index in [0.29, 0.717) is 0 Å². The van der Waals surface area contributed by atoms with Crippen LogP contribution in [0.25, 0.3) is 0 Å². The molecule has 0 aromatic heterocycles.